The van der Waals surface area contributed by atoms with Gasteiger partial charge in [0, 0.05) is 22.0 Å². The Morgan fingerprint density at radius 3 is 2.58 bits per heavy atom. The predicted octanol–water partition coefficient (Wildman–Crippen LogP) is 3.86. The van der Waals surface area contributed by atoms with E-state index in [0.29, 0.717) is 5.56 Å². The summed E-state index contributed by atoms with van der Waals surface area (Å²) in [6.45, 7) is 8.81. The predicted molar refractivity (Wildman–Crippen MR) is 79.5 cm³/mol. The van der Waals surface area contributed by atoms with Crippen molar-refractivity contribution < 1.29 is 0 Å². The van der Waals surface area contributed by atoms with Crippen LogP contribution in [-0.4, -0.2) is 4.98 Å². The fraction of sp³-hybridized carbons (Fsp3) is 0.333. The van der Waals surface area contributed by atoms with Crippen molar-refractivity contribution in [3.63, 3.8) is 0 Å². The monoisotopic (exact) mass is 271 g/mol. The summed E-state index contributed by atoms with van der Waals surface area (Å²) in [5.41, 5.74) is 4.54. The third-order valence-corrected chi connectivity index (χ3v) is 4.26. The van der Waals surface area contributed by atoms with Crippen LogP contribution in [0, 0.1) is 39.0 Å². The number of aryl methyl sites for hydroxylation is 4. The standard InChI is InChI=1S/C15H17N3S/c1-9-5-13(19-12(9)4)8-17-15-6-10(2)18-11(3)14(15)7-16/h5-6H,8H2,1-4H3,(H,17,18). The van der Waals surface area contributed by atoms with E-state index in [-0.39, 0.29) is 0 Å². The Kier molecular flexibility index (Phi) is 3.87. The maximum Gasteiger partial charge on any atom is 0.103 e. The van der Waals surface area contributed by atoms with Gasteiger partial charge in [-0.15, -0.1) is 11.3 Å². The van der Waals surface area contributed by atoms with E-state index in [4.69, 9.17) is 0 Å². The zero-order valence-corrected chi connectivity index (χ0v) is 12.5. The number of hydrogen-bond acceptors (Lipinski definition) is 4. The first-order valence-electron chi connectivity index (χ1n) is 6.19. The van der Waals surface area contributed by atoms with Gasteiger partial charge in [0.15, 0.2) is 0 Å². The van der Waals surface area contributed by atoms with Crippen LogP contribution in [0.1, 0.15) is 32.3 Å². The molecule has 19 heavy (non-hydrogen) atoms. The van der Waals surface area contributed by atoms with Gasteiger partial charge in [-0.2, -0.15) is 5.26 Å². The molecule has 0 fully saturated rings. The van der Waals surface area contributed by atoms with Gasteiger partial charge in [0.05, 0.1) is 16.9 Å². The number of rotatable bonds is 3. The zero-order chi connectivity index (χ0) is 14.0. The summed E-state index contributed by atoms with van der Waals surface area (Å²) in [5.74, 6) is 0. The topological polar surface area (TPSA) is 48.7 Å². The van der Waals surface area contributed by atoms with E-state index in [1.165, 1.54) is 15.3 Å². The highest BCUT2D eigenvalue weighted by Gasteiger charge is 2.08. The van der Waals surface area contributed by atoms with Crippen LogP contribution in [0.2, 0.25) is 0 Å². The van der Waals surface area contributed by atoms with E-state index in [2.05, 4.69) is 36.3 Å². The van der Waals surface area contributed by atoms with E-state index in [1.807, 2.05) is 19.9 Å². The number of anilines is 1. The van der Waals surface area contributed by atoms with Crippen molar-refractivity contribution in [2.24, 2.45) is 0 Å². The van der Waals surface area contributed by atoms with Crippen LogP contribution >= 0.6 is 11.3 Å². The molecule has 0 radical (unpaired) electrons. The number of thiophene rings is 1. The Bertz CT molecular complexity index is 631. The van der Waals surface area contributed by atoms with Crippen LogP contribution in [0.15, 0.2) is 12.1 Å². The molecule has 4 heteroatoms. The molecule has 0 amide bonds. The molecule has 0 atom stereocenters. The molecule has 0 aromatic carbocycles. The molecule has 98 valence electrons. The number of pyridine rings is 1. The zero-order valence-electron chi connectivity index (χ0n) is 11.7. The molecule has 2 aromatic heterocycles. The third-order valence-electron chi connectivity index (χ3n) is 3.11. The van der Waals surface area contributed by atoms with Crippen molar-refractivity contribution in [3.05, 3.63) is 44.4 Å². The Morgan fingerprint density at radius 2 is 2.00 bits per heavy atom. The van der Waals surface area contributed by atoms with Crippen LogP contribution < -0.4 is 5.32 Å². The number of hydrogen-bond donors (Lipinski definition) is 1. The first kappa shape index (κ1) is 13.6. The van der Waals surface area contributed by atoms with Gasteiger partial charge in [-0.05, 0) is 45.4 Å². The number of nitrogens with one attached hydrogen (secondary N) is 1. The molecule has 0 aliphatic heterocycles. The van der Waals surface area contributed by atoms with Crippen LogP contribution in [0.5, 0.6) is 0 Å². The van der Waals surface area contributed by atoms with Crippen molar-refractivity contribution in [1.29, 1.82) is 5.26 Å². The maximum absolute atomic E-state index is 9.21. The van der Waals surface area contributed by atoms with E-state index in [9.17, 15) is 5.26 Å². The van der Waals surface area contributed by atoms with E-state index >= 15 is 0 Å². The first-order chi connectivity index (χ1) is 9.01. The van der Waals surface area contributed by atoms with E-state index in [1.54, 1.807) is 11.3 Å². The Hall–Kier alpha value is -1.86. The van der Waals surface area contributed by atoms with Gasteiger partial charge in [0.25, 0.3) is 0 Å². The molecule has 3 nitrogen and oxygen atoms in total. The van der Waals surface area contributed by atoms with Gasteiger partial charge in [-0.1, -0.05) is 0 Å². The van der Waals surface area contributed by atoms with Crippen molar-refractivity contribution in [3.8, 4) is 6.07 Å². The average molecular weight is 271 g/mol. The molecular formula is C15H17N3S. The molecule has 2 rings (SSSR count). The van der Waals surface area contributed by atoms with Crippen LogP contribution in [0.25, 0.3) is 0 Å². The third kappa shape index (κ3) is 2.94. The summed E-state index contributed by atoms with van der Waals surface area (Å²) in [6, 6.07) is 6.35. The second-order valence-electron chi connectivity index (χ2n) is 4.69. The lowest BCUT2D eigenvalue weighted by Gasteiger charge is -2.09. The van der Waals surface area contributed by atoms with Gasteiger partial charge in [0.1, 0.15) is 6.07 Å². The van der Waals surface area contributed by atoms with Gasteiger partial charge < -0.3 is 5.32 Å². The van der Waals surface area contributed by atoms with Crippen molar-refractivity contribution >= 4 is 17.0 Å². The largest absolute Gasteiger partial charge is 0.379 e. The van der Waals surface area contributed by atoms with Gasteiger partial charge >= 0.3 is 0 Å². The summed E-state index contributed by atoms with van der Waals surface area (Å²) in [7, 11) is 0. The quantitative estimate of drug-likeness (QED) is 0.922. The average Bonchev–Trinajstić information content (AvgIpc) is 2.65. The first-order valence-corrected chi connectivity index (χ1v) is 7.01. The number of aromatic nitrogens is 1. The summed E-state index contributed by atoms with van der Waals surface area (Å²) >= 11 is 1.79. The van der Waals surface area contributed by atoms with Crippen LogP contribution in [0.4, 0.5) is 5.69 Å². The highest BCUT2D eigenvalue weighted by Crippen LogP contribution is 2.23. The second kappa shape index (κ2) is 5.41. The van der Waals surface area contributed by atoms with Crippen LogP contribution in [0.3, 0.4) is 0 Å². The molecular weight excluding hydrogens is 254 g/mol. The Labute approximate surface area is 117 Å². The molecule has 1 N–H and O–H groups in total. The molecule has 0 saturated carbocycles. The lowest BCUT2D eigenvalue weighted by Crippen LogP contribution is -2.03. The Morgan fingerprint density at radius 1 is 1.26 bits per heavy atom. The molecule has 2 heterocycles. The van der Waals surface area contributed by atoms with Gasteiger partial charge in [0.2, 0.25) is 0 Å². The van der Waals surface area contributed by atoms with Crippen LogP contribution in [-0.2, 0) is 6.54 Å². The van der Waals surface area contributed by atoms with Crippen molar-refractivity contribution in [2.75, 3.05) is 5.32 Å². The highest BCUT2D eigenvalue weighted by atomic mass is 32.1. The fourth-order valence-electron chi connectivity index (χ4n) is 2.03. The fourth-order valence-corrected chi connectivity index (χ4v) is 3.02. The smallest absolute Gasteiger partial charge is 0.103 e. The lowest BCUT2D eigenvalue weighted by atomic mass is 10.1. The van der Waals surface area contributed by atoms with Gasteiger partial charge in [-0.25, -0.2) is 0 Å². The van der Waals surface area contributed by atoms with E-state index in [0.717, 1.165) is 23.6 Å². The Balaban J connectivity index is 2.22. The molecule has 0 saturated heterocycles. The summed E-state index contributed by atoms with van der Waals surface area (Å²) in [6.07, 6.45) is 0. The maximum atomic E-state index is 9.21. The minimum absolute atomic E-state index is 0.635. The van der Waals surface area contributed by atoms with Crippen molar-refractivity contribution in [1.82, 2.24) is 4.98 Å². The molecule has 0 spiro atoms. The normalized spacial score (nSPS) is 10.3. The molecule has 0 aliphatic rings. The van der Waals surface area contributed by atoms with Crippen molar-refractivity contribution in [2.45, 2.75) is 34.2 Å². The minimum Gasteiger partial charge on any atom is -0.379 e. The van der Waals surface area contributed by atoms with Gasteiger partial charge in [-0.3, -0.25) is 4.98 Å². The highest BCUT2D eigenvalue weighted by molar-refractivity contribution is 7.12. The molecule has 0 bridgehead atoms. The number of nitriles is 1. The molecule has 2 aromatic rings. The molecule has 0 unspecified atom stereocenters. The molecule has 0 aliphatic carbocycles. The second-order valence-corrected chi connectivity index (χ2v) is 6.03. The number of nitrogens with zero attached hydrogens (tertiary/aromatic N) is 2. The summed E-state index contributed by atoms with van der Waals surface area (Å²) in [4.78, 5) is 6.95. The van der Waals surface area contributed by atoms with E-state index < -0.39 is 0 Å². The lowest BCUT2D eigenvalue weighted by molar-refractivity contribution is 1.09. The summed E-state index contributed by atoms with van der Waals surface area (Å²) < 4.78 is 0. The minimum atomic E-state index is 0.635. The SMILES string of the molecule is Cc1cc(NCc2cc(C)c(C)s2)c(C#N)c(C)n1. The summed E-state index contributed by atoms with van der Waals surface area (Å²) in [5, 5.41) is 12.6.